The summed E-state index contributed by atoms with van der Waals surface area (Å²) in [4.78, 5) is 22.3. The molecule has 5 nitrogen and oxygen atoms in total. The van der Waals surface area contributed by atoms with E-state index in [1.54, 1.807) is 6.07 Å². The highest BCUT2D eigenvalue weighted by molar-refractivity contribution is 8.00. The van der Waals surface area contributed by atoms with Gasteiger partial charge in [0.1, 0.15) is 5.82 Å². The van der Waals surface area contributed by atoms with E-state index in [1.165, 1.54) is 25.0 Å². The molecule has 32 heavy (non-hydrogen) atoms. The molecule has 0 bridgehead atoms. The van der Waals surface area contributed by atoms with Crippen molar-refractivity contribution in [2.45, 2.75) is 37.6 Å². The van der Waals surface area contributed by atoms with Crippen LogP contribution in [-0.2, 0) is 14.3 Å². The minimum absolute atomic E-state index is 0.0935. The molecule has 2 aliphatic heterocycles. The summed E-state index contributed by atoms with van der Waals surface area (Å²) >= 11 is 0. The van der Waals surface area contributed by atoms with Gasteiger partial charge in [0.05, 0.1) is 17.9 Å². The van der Waals surface area contributed by atoms with Crippen molar-refractivity contribution in [2.24, 2.45) is 5.92 Å². The van der Waals surface area contributed by atoms with Crippen LogP contribution in [0.1, 0.15) is 48.9 Å². The minimum Gasteiger partial charge on any atom is -0.366 e. The number of carbonyl (C=O) groups is 1. The molecular weight excluding hydrogens is 425 g/mol. The van der Waals surface area contributed by atoms with Gasteiger partial charge in [-0.15, -0.1) is 0 Å². The second kappa shape index (κ2) is 8.50. The number of carbonyl (C=O) groups excluding carboxylic acids is 1. The van der Waals surface area contributed by atoms with E-state index in [-0.39, 0.29) is 23.7 Å². The lowest BCUT2D eigenvalue weighted by molar-refractivity contribution is -0.138. The molecule has 0 spiro atoms. The van der Waals surface area contributed by atoms with Crippen LogP contribution in [0.15, 0.2) is 42.6 Å². The van der Waals surface area contributed by atoms with Gasteiger partial charge in [0.25, 0.3) is 0 Å². The Morgan fingerprint density at radius 2 is 1.88 bits per heavy atom. The Bertz CT molecular complexity index is 1080. The smallest absolute Gasteiger partial charge is 0.226 e. The van der Waals surface area contributed by atoms with Gasteiger partial charge in [-0.2, -0.15) is 0 Å². The number of amides is 1. The van der Waals surface area contributed by atoms with Gasteiger partial charge in [-0.3, -0.25) is 14.0 Å². The van der Waals surface area contributed by atoms with E-state index in [4.69, 9.17) is 0 Å². The van der Waals surface area contributed by atoms with Crippen molar-refractivity contribution in [3.8, 4) is 0 Å². The molecule has 1 saturated carbocycles. The van der Waals surface area contributed by atoms with Crippen LogP contribution in [0.3, 0.4) is 0 Å². The fraction of sp³-hybridized carbons (Fsp3) is 0.480. The number of aromatic nitrogens is 1. The average Bonchev–Trinajstić information content (AvgIpc) is 3.64. The maximum absolute atomic E-state index is 14.1. The molecule has 2 aromatic rings. The lowest BCUT2D eigenvalue weighted by Gasteiger charge is -2.44. The van der Waals surface area contributed by atoms with Crippen molar-refractivity contribution in [1.82, 2.24) is 9.88 Å². The summed E-state index contributed by atoms with van der Waals surface area (Å²) < 4.78 is 26.3. The van der Waals surface area contributed by atoms with Crippen LogP contribution in [0.25, 0.3) is 0 Å². The summed E-state index contributed by atoms with van der Waals surface area (Å²) in [5, 5.41) is 0. The molecule has 7 heteroatoms. The number of piperazine rings is 1. The Morgan fingerprint density at radius 3 is 2.53 bits per heavy atom. The fourth-order valence-electron chi connectivity index (χ4n) is 4.93. The van der Waals surface area contributed by atoms with Crippen LogP contribution in [-0.4, -0.2) is 57.0 Å². The second-order valence-electron chi connectivity index (χ2n) is 9.41. The van der Waals surface area contributed by atoms with Gasteiger partial charge < -0.3 is 9.80 Å². The summed E-state index contributed by atoms with van der Waals surface area (Å²) in [6.07, 6.45) is 5.60. The molecule has 170 valence electrons. The van der Waals surface area contributed by atoms with Crippen molar-refractivity contribution in [3.63, 3.8) is 0 Å². The first kappa shape index (κ1) is 21.4. The number of anilines is 1. The fourth-order valence-corrected chi connectivity index (χ4v) is 6.56. The Hall–Kier alpha value is -2.41. The predicted molar refractivity (Wildman–Crippen MR) is 127 cm³/mol. The quantitative estimate of drug-likeness (QED) is 0.661. The summed E-state index contributed by atoms with van der Waals surface area (Å²) in [6, 6.07) is 10.6. The van der Waals surface area contributed by atoms with E-state index >= 15 is 0 Å². The molecule has 1 aromatic heterocycles. The lowest BCUT2D eigenvalue weighted by atomic mass is 9.96. The van der Waals surface area contributed by atoms with Crippen LogP contribution < -0.4 is 4.90 Å². The Kier molecular flexibility index (Phi) is 5.70. The molecule has 1 amide bonds. The molecule has 1 unspecified atom stereocenters. The molecule has 1 aliphatic carbocycles. The van der Waals surface area contributed by atoms with Gasteiger partial charge in [-0.05, 0) is 70.9 Å². The predicted octanol–water partition coefficient (Wildman–Crippen LogP) is 3.61. The van der Waals surface area contributed by atoms with Gasteiger partial charge in [-0.25, -0.2) is 4.39 Å². The Labute approximate surface area is 189 Å². The zero-order chi connectivity index (χ0) is 22.3. The van der Waals surface area contributed by atoms with Crippen molar-refractivity contribution in [2.75, 3.05) is 36.0 Å². The first-order chi connectivity index (χ1) is 15.4. The average molecular weight is 456 g/mol. The SMILES string of the molecule is C=S1(=O)CCC(C(=O)N2CCN(c3ccc(C4CC4)nc3)CC2c2cccc(F)c2)CC1. The third-order valence-electron chi connectivity index (χ3n) is 7.05. The minimum atomic E-state index is -2.04. The number of hydrogen-bond acceptors (Lipinski definition) is 4. The summed E-state index contributed by atoms with van der Waals surface area (Å²) in [5.74, 6) is 5.12. The largest absolute Gasteiger partial charge is 0.366 e. The van der Waals surface area contributed by atoms with E-state index < -0.39 is 9.52 Å². The van der Waals surface area contributed by atoms with E-state index in [2.05, 4.69) is 27.9 Å². The normalized spacial score (nSPS) is 28.5. The Balaban J connectivity index is 1.38. The monoisotopic (exact) mass is 455 g/mol. The van der Waals surface area contributed by atoms with Crippen molar-refractivity contribution >= 4 is 27.0 Å². The van der Waals surface area contributed by atoms with E-state index in [9.17, 15) is 13.4 Å². The number of pyridine rings is 1. The van der Waals surface area contributed by atoms with Crippen LogP contribution in [0.4, 0.5) is 10.1 Å². The van der Waals surface area contributed by atoms with Gasteiger partial charge in [0.2, 0.25) is 5.91 Å². The van der Waals surface area contributed by atoms with Gasteiger partial charge in [0, 0.05) is 48.7 Å². The van der Waals surface area contributed by atoms with Crippen molar-refractivity contribution in [3.05, 3.63) is 59.7 Å². The molecule has 3 fully saturated rings. The zero-order valence-electron chi connectivity index (χ0n) is 18.3. The maximum Gasteiger partial charge on any atom is 0.226 e. The highest BCUT2D eigenvalue weighted by Gasteiger charge is 2.37. The van der Waals surface area contributed by atoms with Gasteiger partial charge in [0.15, 0.2) is 0 Å². The summed E-state index contributed by atoms with van der Waals surface area (Å²) in [6.45, 7) is 1.87. The molecule has 2 saturated heterocycles. The van der Waals surface area contributed by atoms with Crippen LogP contribution in [0.5, 0.6) is 0 Å². The molecular formula is C25H30FN3O2S. The first-order valence-corrected chi connectivity index (χ1v) is 13.6. The first-order valence-electron chi connectivity index (χ1n) is 11.5. The molecule has 5 rings (SSSR count). The summed E-state index contributed by atoms with van der Waals surface area (Å²) in [5.41, 5.74) is 3.00. The highest BCUT2D eigenvalue weighted by Crippen LogP contribution is 2.39. The van der Waals surface area contributed by atoms with Crippen LogP contribution in [0, 0.1) is 11.7 Å². The number of nitrogens with zero attached hydrogens (tertiary/aromatic N) is 3. The molecule has 0 N–H and O–H groups in total. The van der Waals surface area contributed by atoms with Crippen molar-refractivity contribution in [1.29, 1.82) is 0 Å². The van der Waals surface area contributed by atoms with E-state index in [1.807, 2.05) is 17.2 Å². The number of hydrogen-bond donors (Lipinski definition) is 0. The van der Waals surface area contributed by atoms with Crippen LogP contribution in [0.2, 0.25) is 0 Å². The molecule has 1 atom stereocenters. The number of benzene rings is 1. The van der Waals surface area contributed by atoms with Crippen molar-refractivity contribution < 1.29 is 13.4 Å². The molecule has 3 heterocycles. The maximum atomic E-state index is 14.1. The van der Waals surface area contributed by atoms with Crippen LogP contribution >= 0.6 is 0 Å². The number of halogens is 1. The van der Waals surface area contributed by atoms with Gasteiger partial charge in [-0.1, -0.05) is 12.1 Å². The molecule has 1 aromatic carbocycles. The Morgan fingerprint density at radius 1 is 1.09 bits per heavy atom. The van der Waals surface area contributed by atoms with E-state index in [0.717, 1.165) is 16.9 Å². The third-order valence-corrected chi connectivity index (χ3v) is 9.01. The molecule has 0 radical (unpaired) electrons. The zero-order valence-corrected chi connectivity index (χ0v) is 19.1. The summed E-state index contributed by atoms with van der Waals surface area (Å²) in [7, 11) is -2.04. The highest BCUT2D eigenvalue weighted by atomic mass is 32.2. The topological polar surface area (TPSA) is 53.5 Å². The third kappa shape index (κ3) is 4.53. The van der Waals surface area contributed by atoms with Gasteiger partial charge >= 0.3 is 0 Å². The van der Waals surface area contributed by atoms with E-state index in [0.29, 0.717) is 49.9 Å². The molecule has 3 aliphatic rings. The number of rotatable bonds is 4. The lowest BCUT2D eigenvalue weighted by Crippen LogP contribution is -2.53. The second-order valence-corrected chi connectivity index (χ2v) is 12.2. The standard InChI is InChI=1S/C25H30FN3O2S/c1-32(31)13-9-19(10-14-32)25(30)29-12-11-28(17-24(29)20-3-2-4-21(26)15-20)22-7-8-23(27-16-22)18-5-6-18/h2-4,7-8,15-16,18-19,24H,1,5-6,9-14,17H2.